The summed E-state index contributed by atoms with van der Waals surface area (Å²) in [6, 6.07) is 8.93. The first kappa shape index (κ1) is 25.3. The third kappa shape index (κ3) is 5.72. The Morgan fingerprint density at radius 1 is 1.06 bits per heavy atom. The zero-order valence-corrected chi connectivity index (χ0v) is 21.9. The summed E-state index contributed by atoms with van der Waals surface area (Å²) in [6.07, 6.45) is 2.59. The van der Waals surface area contributed by atoms with Gasteiger partial charge < -0.3 is 20.2 Å². The molecule has 0 spiro atoms. The molecule has 0 atom stereocenters. The quantitative estimate of drug-likeness (QED) is 0.483. The van der Waals surface area contributed by atoms with Crippen LogP contribution in [-0.2, 0) is 14.6 Å². The van der Waals surface area contributed by atoms with E-state index in [9.17, 15) is 18.4 Å². The van der Waals surface area contributed by atoms with Crippen molar-refractivity contribution < 1.29 is 22.7 Å². The second-order valence-corrected chi connectivity index (χ2v) is 12.9. The van der Waals surface area contributed by atoms with E-state index < -0.39 is 15.4 Å². The molecule has 190 valence electrons. The van der Waals surface area contributed by atoms with Gasteiger partial charge in [-0.3, -0.25) is 0 Å². The van der Waals surface area contributed by atoms with Crippen molar-refractivity contribution >= 4 is 21.6 Å². The Morgan fingerprint density at radius 2 is 1.66 bits per heavy atom. The molecule has 2 heterocycles. The molecule has 1 aliphatic heterocycles. The van der Waals surface area contributed by atoms with Crippen molar-refractivity contribution in [2.45, 2.75) is 82.1 Å². The highest BCUT2D eigenvalue weighted by molar-refractivity contribution is 7.92. The molecular weight excluding hydrogens is 466 g/mol. The number of anilines is 1. The summed E-state index contributed by atoms with van der Waals surface area (Å²) in [5, 5.41) is 15.5. The van der Waals surface area contributed by atoms with Gasteiger partial charge in [0.05, 0.1) is 10.1 Å². The lowest BCUT2D eigenvalue weighted by Gasteiger charge is -2.34. The molecule has 1 aromatic heterocycles. The van der Waals surface area contributed by atoms with Crippen LogP contribution in [-0.4, -0.2) is 49.4 Å². The Balaban J connectivity index is 1.59. The van der Waals surface area contributed by atoms with Gasteiger partial charge in [-0.1, -0.05) is 0 Å². The Hall–Kier alpha value is -2.81. The van der Waals surface area contributed by atoms with Crippen LogP contribution in [0.25, 0.3) is 11.1 Å². The van der Waals surface area contributed by atoms with E-state index in [-0.39, 0.29) is 17.4 Å². The lowest BCUT2D eigenvalue weighted by atomic mass is 10.00. The molecule has 2 aromatic rings. The van der Waals surface area contributed by atoms with Gasteiger partial charge in [-0.15, -0.1) is 0 Å². The number of hydrogen-bond acceptors (Lipinski definition) is 6. The van der Waals surface area contributed by atoms with E-state index in [2.05, 4.69) is 5.32 Å². The predicted octanol–water partition coefficient (Wildman–Crippen LogP) is 4.35. The van der Waals surface area contributed by atoms with Crippen LogP contribution in [0.1, 0.15) is 57.8 Å². The molecule has 1 amide bonds. The molecule has 1 N–H and O–H groups in total. The van der Waals surface area contributed by atoms with Gasteiger partial charge >= 0.3 is 6.09 Å². The molecular formula is C26H35N3O5S. The third-order valence-electron chi connectivity index (χ3n) is 6.47. The predicted molar refractivity (Wildman–Crippen MR) is 135 cm³/mol. The normalized spacial score (nSPS) is 17.3. The Labute approximate surface area is 207 Å². The first-order chi connectivity index (χ1) is 16.3. The summed E-state index contributed by atoms with van der Waals surface area (Å²) >= 11 is 0. The minimum Gasteiger partial charge on any atom is -0.618 e. The molecule has 2 aliphatic rings. The lowest BCUT2D eigenvalue weighted by molar-refractivity contribution is -0.619. The first-order valence-corrected chi connectivity index (χ1v) is 13.7. The van der Waals surface area contributed by atoms with Crippen LogP contribution in [0, 0.1) is 19.1 Å². The number of aryl methyl sites for hydroxylation is 2. The number of pyridine rings is 1. The third-order valence-corrected chi connectivity index (χ3v) is 8.73. The van der Waals surface area contributed by atoms with E-state index in [0.717, 1.165) is 34.4 Å². The molecule has 0 radical (unpaired) electrons. The van der Waals surface area contributed by atoms with Gasteiger partial charge in [0.1, 0.15) is 5.60 Å². The van der Waals surface area contributed by atoms with Crippen molar-refractivity contribution in [3.05, 3.63) is 46.9 Å². The number of aromatic nitrogens is 1. The van der Waals surface area contributed by atoms with Gasteiger partial charge in [-0.2, -0.15) is 4.73 Å². The average Bonchev–Trinajstić information content (AvgIpc) is 3.63. The molecule has 1 saturated carbocycles. The molecule has 8 nitrogen and oxygen atoms in total. The first-order valence-electron chi connectivity index (χ1n) is 12.2. The summed E-state index contributed by atoms with van der Waals surface area (Å²) < 4.78 is 32.2. The number of nitrogens with one attached hydrogen (secondary N) is 1. The topological polar surface area (TPSA) is 103 Å². The second-order valence-electron chi connectivity index (χ2n) is 10.7. The molecule has 1 saturated heterocycles. The maximum atomic E-state index is 12.9. The van der Waals surface area contributed by atoms with E-state index in [0.29, 0.717) is 42.2 Å². The lowest BCUT2D eigenvalue weighted by Crippen LogP contribution is -2.44. The molecule has 4 rings (SSSR count). The number of carbonyl (C=O) groups is 1. The fourth-order valence-corrected chi connectivity index (χ4v) is 6.11. The summed E-state index contributed by atoms with van der Waals surface area (Å²) in [5.74, 6) is 0. The molecule has 1 aliphatic carbocycles. The standard InChI is InChI=1S/C26H35N3O5S/c1-17-14-19(15-18(2)29(17)31)23-16-22(35(32,33)21-6-7-21)8-9-24(23)27-20-10-12-28(13-11-20)25(30)34-26(3,4)5/h8-9,14-16,20-21,27H,6-7,10-13H2,1-5H3. The van der Waals surface area contributed by atoms with E-state index in [1.54, 1.807) is 43.0 Å². The molecule has 0 unspecified atom stereocenters. The number of benzene rings is 1. The monoisotopic (exact) mass is 501 g/mol. The van der Waals surface area contributed by atoms with E-state index in [1.165, 1.54) is 0 Å². The number of sulfone groups is 1. The van der Waals surface area contributed by atoms with Crippen LogP contribution in [0.5, 0.6) is 0 Å². The maximum absolute atomic E-state index is 12.9. The molecule has 1 aromatic carbocycles. The van der Waals surface area contributed by atoms with Crippen molar-refractivity contribution in [1.29, 1.82) is 0 Å². The van der Waals surface area contributed by atoms with Gasteiger partial charge in [-0.05, 0) is 70.2 Å². The molecule has 0 bridgehead atoms. The Kier molecular flexibility index (Phi) is 6.74. The second kappa shape index (κ2) is 9.33. The fraction of sp³-hybridized carbons (Fsp3) is 0.538. The largest absolute Gasteiger partial charge is 0.618 e. The minimum absolute atomic E-state index is 0.119. The van der Waals surface area contributed by atoms with E-state index in [1.807, 2.05) is 26.8 Å². The number of likely N-dealkylation sites (tertiary alicyclic amines) is 1. The summed E-state index contributed by atoms with van der Waals surface area (Å²) in [6.45, 7) is 10.2. The highest BCUT2D eigenvalue weighted by atomic mass is 32.2. The van der Waals surface area contributed by atoms with Crippen LogP contribution in [0.2, 0.25) is 0 Å². The number of rotatable bonds is 5. The smallest absolute Gasteiger partial charge is 0.410 e. The molecule has 2 fully saturated rings. The van der Waals surface area contributed by atoms with Crippen LogP contribution in [0.3, 0.4) is 0 Å². The zero-order chi connectivity index (χ0) is 25.5. The fourth-order valence-electron chi connectivity index (χ4n) is 4.43. The Morgan fingerprint density at radius 3 is 2.20 bits per heavy atom. The van der Waals surface area contributed by atoms with Gasteiger partial charge in [0.25, 0.3) is 0 Å². The van der Waals surface area contributed by atoms with Gasteiger partial charge in [-0.25, -0.2) is 13.2 Å². The number of piperidine rings is 1. The van der Waals surface area contributed by atoms with Gasteiger partial charge in [0, 0.05) is 56.4 Å². The van der Waals surface area contributed by atoms with Gasteiger partial charge in [0.2, 0.25) is 0 Å². The van der Waals surface area contributed by atoms with E-state index in [4.69, 9.17) is 4.74 Å². The summed E-state index contributed by atoms with van der Waals surface area (Å²) in [7, 11) is -3.36. The van der Waals surface area contributed by atoms with Crippen molar-refractivity contribution in [1.82, 2.24) is 4.90 Å². The highest BCUT2D eigenvalue weighted by Crippen LogP contribution is 2.38. The SMILES string of the molecule is Cc1cc(-c2cc(S(=O)(=O)C3CC3)ccc2NC2CCN(C(=O)OC(C)(C)C)CC2)cc(C)[n+]1[O-]. The minimum atomic E-state index is -3.36. The zero-order valence-electron chi connectivity index (χ0n) is 21.1. The number of hydrogen-bond donors (Lipinski definition) is 1. The maximum Gasteiger partial charge on any atom is 0.410 e. The van der Waals surface area contributed by atoms with Crippen LogP contribution >= 0.6 is 0 Å². The average molecular weight is 502 g/mol. The van der Waals surface area contributed by atoms with Gasteiger partial charge in [0.15, 0.2) is 21.2 Å². The van der Waals surface area contributed by atoms with Crippen molar-refractivity contribution in [2.24, 2.45) is 0 Å². The number of amides is 1. The highest BCUT2D eigenvalue weighted by Gasteiger charge is 2.37. The summed E-state index contributed by atoms with van der Waals surface area (Å²) in [5.41, 5.74) is 2.94. The number of carbonyl (C=O) groups excluding carboxylic acids is 1. The van der Waals surface area contributed by atoms with E-state index >= 15 is 0 Å². The summed E-state index contributed by atoms with van der Waals surface area (Å²) in [4.78, 5) is 14.4. The Bertz CT molecular complexity index is 1200. The van der Waals surface area contributed by atoms with Crippen molar-refractivity contribution in [2.75, 3.05) is 18.4 Å². The molecule has 9 heteroatoms. The molecule has 35 heavy (non-hydrogen) atoms. The van der Waals surface area contributed by atoms with Crippen molar-refractivity contribution in [3.63, 3.8) is 0 Å². The number of nitrogens with zero attached hydrogens (tertiary/aromatic N) is 2. The van der Waals surface area contributed by atoms with Crippen LogP contribution in [0.15, 0.2) is 35.2 Å². The van der Waals surface area contributed by atoms with Crippen LogP contribution < -0.4 is 10.0 Å². The number of ether oxygens (including phenoxy) is 1. The van der Waals surface area contributed by atoms with Crippen LogP contribution in [0.4, 0.5) is 10.5 Å². The van der Waals surface area contributed by atoms with Crippen molar-refractivity contribution in [3.8, 4) is 11.1 Å².